The molecule has 2 rings (SSSR count). The van der Waals surface area contributed by atoms with E-state index in [4.69, 9.17) is 5.11 Å². The minimum atomic E-state index is -1.13. The molecule has 2 N–H and O–H groups in total. The van der Waals surface area contributed by atoms with E-state index in [9.17, 15) is 9.59 Å². The van der Waals surface area contributed by atoms with E-state index in [1.54, 1.807) is 19.1 Å². The quantitative estimate of drug-likeness (QED) is 0.898. The van der Waals surface area contributed by atoms with E-state index in [1.807, 2.05) is 0 Å². The summed E-state index contributed by atoms with van der Waals surface area (Å²) in [5.74, 6) is -1.65. The minimum Gasteiger partial charge on any atom is -0.478 e. The molecule has 0 saturated heterocycles. The molecular weight excluding hydrogens is 326 g/mol. The molecule has 0 bridgehead atoms. The number of nitrogens with one attached hydrogen (secondary N) is 1. The van der Waals surface area contributed by atoms with Crippen molar-refractivity contribution in [2.24, 2.45) is 0 Å². The molecule has 0 unspecified atom stereocenters. The zero-order chi connectivity index (χ0) is 14.7. The lowest BCUT2D eigenvalue weighted by Crippen LogP contribution is -2.17. The van der Waals surface area contributed by atoms with Gasteiger partial charge in [-0.15, -0.1) is 0 Å². The van der Waals surface area contributed by atoms with Gasteiger partial charge in [-0.25, -0.2) is 9.78 Å². The topological polar surface area (TPSA) is 92.2 Å². The number of carboxylic acids is 1. The summed E-state index contributed by atoms with van der Waals surface area (Å²) < 4.78 is 0.478. The molecule has 1 aromatic carbocycles. The largest absolute Gasteiger partial charge is 0.478 e. The molecule has 0 aliphatic carbocycles. The molecule has 102 valence electrons. The second-order valence-corrected chi connectivity index (χ2v) is 4.82. The number of anilines is 1. The first-order valence-electron chi connectivity index (χ1n) is 5.61. The fourth-order valence-corrected chi connectivity index (χ4v) is 1.98. The number of halogens is 1. The highest BCUT2D eigenvalue weighted by Gasteiger charge is 2.16. The summed E-state index contributed by atoms with van der Waals surface area (Å²) >= 11 is 3.21. The second-order valence-electron chi connectivity index (χ2n) is 3.96. The van der Waals surface area contributed by atoms with Crippen LogP contribution in [0.25, 0.3) is 0 Å². The smallest absolute Gasteiger partial charge is 0.337 e. The number of rotatable bonds is 3. The van der Waals surface area contributed by atoms with Crippen LogP contribution in [0.15, 0.2) is 35.1 Å². The molecule has 0 spiro atoms. The Hall–Kier alpha value is -2.28. The molecule has 0 radical (unpaired) electrons. The summed E-state index contributed by atoms with van der Waals surface area (Å²) in [5.41, 5.74) is 0.983. The summed E-state index contributed by atoms with van der Waals surface area (Å²) in [6.07, 6.45) is 2.80. The summed E-state index contributed by atoms with van der Waals surface area (Å²) in [7, 11) is 0. The zero-order valence-corrected chi connectivity index (χ0v) is 12.0. The first-order chi connectivity index (χ1) is 9.49. The third-order valence-corrected chi connectivity index (χ3v) is 3.16. The highest BCUT2D eigenvalue weighted by Crippen LogP contribution is 2.26. The predicted octanol–water partition coefficient (Wildman–Crippen LogP) is 2.50. The van der Waals surface area contributed by atoms with Gasteiger partial charge in [-0.3, -0.25) is 9.78 Å². The van der Waals surface area contributed by atoms with Crippen LogP contribution in [0.5, 0.6) is 0 Å². The number of hydrogen-bond donors (Lipinski definition) is 2. The highest BCUT2D eigenvalue weighted by atomic mass is 79.9. The van der Waals surface area contributed by atoms with Crippen LogP contribution in [0.4, 0.5) is 5.69 Å². The summed E-state index contributed by atoms with van der Waals surface area (Å²) in [4.78, 5) is 31.1. The van der Waals surface area contributed by atoms with Crippen molar-refractivity contribution in [2.45, 2.75) is 6.92 Å². The maximum absolute atomic E-state index is 12.0. The number of aromatic carboxylic acids is 1. The highest BCUT2D eigenvalue weighted by molar-refractivity contribution is 9.10. The van der Waals surface area contributed by atoms with E-state index in [2.05, 4.69) is 31.2 Å². The molecule has 0 aliphatic rings. The van der Waals surface area contributed by atoms with Crippen molar-refractivity contribution in [1.82, 2.24) is 9.97 Å². The molecule has 0 saturated carbocycles. The third-order valence-electron chi connectivity index (χ3n) is 2.50. The standard InChI is InChI=1S/C13H10BrN3O3/c1-7-5-16-10(6-15-7)12(18)17-11-8(13(19)20)3-2-4-9(11)14/h2-6H,1H3,(H,17,18)(H,19,20). The van der Waals surface area contributed by atoms with Crippen molar-refractivity contribution in [3.63, 3.8) is 0 Å². The third kappa shape index (κ3) is 3.00. The summed E-state index contributed by atoms with van der Waals surface area (Å²) in [5, 5.41) is 11.6. The average molecular weight is 336 g/mol. The lowest BCUT2D eigenvalue weighted by Gasteiger charge is -2.10. The number of carbonyl (C=O) groups excluding carboxylic acids is 1. The molecule has 7 heteroatoms. The number of nitrogens with zero attached hydrogens (tertiary/aromatic N) is 2. The SMILES string of the molecule is Cc1cnc(C(=O)Nc2c(Br)cccc2C(=O)O)cn1. The molecular formula is C13H10BrN3O3. The predicted molar refractivity (Wildman–Crippen MR) is 75.8 cm³/mol. The van der Waals surface area contributed by atoms with Gasteiger partial charge >= 0.3 is 5.97 Å². The number of aryl methyl sites for hydroxylation is 1. The van der Waals surface area contributed by atoms with Gasteiger partial charge in [-0.05, 0) is 35.0 Å². The lowest BCUT2D eigenvalue weighted by atomic mass is 10.2. The van der Waals surface area contributed by atoms with Crippen LogP contribution in [0, 0.1) is 6.92 Å². The first-order valence-corrected chi connectivity index (χ1v) is 6.40. The van der Waals surface area contributed by atoms with E-state index in [0.29, 0.717) is 10.2 Å². The Labute approximate surface area is 123 Å². The van der Waals surface area contributed by atoms with E-state index in [-0.39, 0.29) is 16.9 Å². The van der Waals surface area contributed by atoms with Crippen LogP contribution in [0.2, 0.25) is 0 Å². The van der Waals surface area contributed by atoms with Crippen LogP contribution >= 0.6 is 15.9 Å². The molecule has 20 heavy (non-hydrogen) atoms. The van der Waals surface area contributed by atoms with Crippen molar-refractivity contribution < 1.29 is 14.7 Å². The van der Waals surface area contributed by atoms with Crippen molar-refractivity contribution in [2.75, 3.05) is 5.32 Å². The maximum atomic E-state index is 12.0. The fourth-order valence-electron chi connectivity index (χ4n) is 1.52. The number of carboxylic acid groups (broad SMARTS) is 1. The minimum absolute atomic E-state index is 0.00667. The van der Waals surface area contributed by atoms with Gasteiger partial charge in [0.1, 0.15) is 5.69 Å². The van der Waals surface area contributed by atoms with Gasteiger partial charge < -0.3 is 10.4 Å². The van der Waals surface area contributed by atoms with Gasteiger partial charge in [0.25, 0.3) is 5.91 Å². The maximum Gasteiger partial charge on any atom is 0.337 e. The molecule has 1 aromatic heterocycles. The Kier molecular flexibility index (Phi) is 4.09. The lowest BCUT2D eigenvalue weighted by molar-refractivity contribution is 0.0698. The molecule has 1 heterocycles. The molecule has 0 fully saturated rings. The number of hydrogen-bond acceptors (Lipinski definition) is 4. The van der Waals surface area contributed by atoms with Gasteiger partial charge in [0.15, 0.2) is 0 Å². The number of amides is 1. The Balaban J connectivity index is 2.32. The second kappa shape index (κ2) is 5.79. The van der Waals surface area contributed by atoms with Gasteiger partial charge in [-0.2, -0.15) is 0 Å². The van der Waals surface area contributed by atoms with Gasteiger partial charge in [0.05, 0.1) is 23.1 Å². The van der Waals surface area contributed by atoms with Crippen molar-refractivity contribution in [1.29, 1.82) is 0 Å². The Morgan fingerprint density at radius 2 is 2.00 bits per heavy atom. The van der Waals surface area contributed by atoms with Crippen LogP contribution in [-0.2, 0) is 0 Å². The van der Waals surface area contributed by atoms with Crippen molar-refractivity contribution in [3.05, 3.63) is 52.0 Å². The Morgan fingerprint density at radius 1 is 1.25 bits per heavy atom. The molecule has 1 amide bonds. The van der Waals surface area contributed by atoms with Crippen LogP contribution < -0.4 is 5.32 Å². The molecule has 2 aromatic rings. The first kappa shape index (κ1) is 14.1. The monoisotopic (exact) mass is 335 g/mol. The van der Waals surface area contributed by atoms with Crippen molar-refractivity contribution in [3.8, 4) is 0 Å². The van der Waals surface area contributed by atoms with Crippen LogP contribution in [0.1, 0.15) is 26.5 Å². The number of benzene rings is 1. The molecule has 6 nitrogen and oxygen atoms in total. The van der Waals surface area contributed by atoms with Gasteiger partial charge in [-0.1, -0.05) is 6.07 Å². The van der Waals surface area contributed by atoms with Gasteiger partial charge in [0, 0.05) is 10.7 Å². The molecule has 0 aliphatic heterocycles. The van der Waals surface area contributed by atoms with E-state index < -0.39 is 11.9 Å². The van der Waals surface area contributed by atoms with Crippen molar-refractivity contribution >= 4 is 33.5 Å². The van der Waals surface area contributed by atoms with Gasteiger partial charge in [0.2, 0.25) is 0 Å². The van der Waals surface area contributed by atoms with Crippen LogP contribution in [-0.4, -0.2) is 27.0 Å². The zero-order valence-electron chi connectivity index (χ0n) is 10.4. The summed E-state index contributed by atoms with van der Waals surface area (Å²) in [6.45, 7) is 1.75. The fraction of sp³-hybridized carbons (Fsp3) is 0.0769. The average Bonchev–Trinajstić information content (AvgIpc) is 2.41. The van der Waals surface area contributed by atoms with Crippen LogP contribution in [0.3, 0.4) is 0 Å². The normalized spacial score (nSPS) is 10.1. The Morgan fingerprint density at radius 3 is 2.60 bits per heavy atom. The number of para-hydroxylation sites is 1. The van der Waals surface area contributed by atoms with E-state index >= 15 is 0 Å². The number of carbonyl (C=O) groups is 2. The van der Waals surface area contributed by atoms with E-state index in [0.717, 1.165) is 0 Å². The Bertz CT molecular complexity index is 671. The molecule has 0 atom stereocenters. The summed E-state index contributed by atoms with van der Waals surface area (Å²) in [6, 6.07) is 4.63. The van der Waals surface area contributed by atoms with E-state index in [1.165, 1.54) is 18.5 Å². The number of aromatic nitrogens is 2.